The van der Waals surface area contributed by atoms with E-state index in [2.05, 4.69) is 17.3 Å². The maximum absolute atomic E-state index is 9.74. The van der Waals surface area contributed by atoms with Gasteiger partial charge in [0.1, 0.15) is 6.10 Å². The monoisotopic (exact) mass is 241 g/mol. The van der Waals surface area contributed by atoms with Gasteiger partial charge in [0.25, 0.3) is 0 Å². The van der Waals surface area contributed by atoms with Crippen molar-refractivity contribution in [3.63, 3.8) is 0 Å². The Morgan fingerprint density at radius 1 is 1.53 bits per heavy atom. The summed E-state index contributed by atoms with van der Waals surface area (Å²) in [6.45, 7) is 7.37. The molecule has 98 valence electrons. The first-order valence-electron chi connectivity index (χ1n) is 6.06. The van der Waals surface area contributed by atoms with Crippen LogP contribution in [0.25, 0.3) is 0 Å². The zero-order valence-electron chi connectivity index (χ0n) is 10.8. The Hall–Kier alpha value is -0.910. The predicted octanol–water partition coefficient (Wildman–Crippen LogP) is 0.514. The summed E-state index contributed by atoms with van der Waals surface area (Å²) in [5, 5.41) is 26.8. The van der Waals surface area contributed by atoms with Gasteiger partial charge in [0.2, 0.25) is 0 Å². The summed E-state index contributed by atoms with van der Waals surface area (Å²) >= 11 is 0. The molecule has 0 saturated carbocycles. The third kappa shape index (κ3) is 4.85. The summed E-state index contributed by atoms with van der Waals surface area (Å²) in [7, 11) is 0. The molecule has 0 unspecified atom stereocenters. The molecule has 5 nitrogen and oxygen atoms in total. The molecule has 0 fully saturated rings. The van der Waals surface area contributed by atoms with Crippen molar-refractivity contribution in [3.05, 3.63) is 18.0 Å². The van der Waals surface area contributed by atoms with Gasteiger partial charge in [0.05, 0.1) is 18.3 Å². The molecule has 0 aliphatic carbocycles. The third-order valence-corrected chi connectivity index (χ3v) is 2.62. The number of rotatable bonds is 7. The smallest absolute Gasteiger partial charge is 0.102 e. The minimum Gasteiger partial charge on any atom is -0.388 e. The van der Waals surface area contributed by atoms with Crippen LogP contribution in [-0.4, -0.2) is 38.2 Å². The normalized spacial score (nSPS) is 13.9. The lowest BCUT2D eigenvalue weighted by Gasteiger charge is -2.24. The van der Waals surface area contributed by atoms with Gasteiger partial charge in [-0.2, -0.15) is 5.10 Å². The van der Waals surface area contributed by atoms with Crippen LogP contribution in [0.3, 0.4) is 0 Å². The molecule has 1 rings (SSSR count). The van der Waals surface area contributed by atoms with Crippen LogP contribution in [0.2, 0.25) is 0 Å². The van der Waals surface area contributed by atoms with Crippen LogP contribution >= 0.6 is 0 Å². The first kappa shape index (κ1) is 14.2. The molecule has 17 heavy (non-hydrogen) atoms. The lowest BCUT2D eigenvalue weighted by atomic mass is 10.0. The molecule has 0 spiro atoms. The van der Waals surface area contributed by atoms with Gasteiger partial charge in [-0.25, -0.2) is 0 Å². The molecular weight excluding hydrogens is 218 g/mol. The van der Waals surface area contributed by atoms with Gasteiger partial charge >= 0.3 is 0 Å². The average Bonchev–Trinajstić information content (AvgIpc) is 2.65. The van der Waals surface area contributed by atoms with Crippen LogP contribution in [0.4, 0.5) is 0 Å². The number of hydrogen-bond donors (Lipinski definition) is 3. The van der Waals surface area contributed by atoms with E-state index in [0.717, 1.165) is 25.1 Å². The zero-order chi connectivity index (χ0) is 12.9. The largest absolute Gasteiger partial charge is 0.388 e. The van der Waals surface area contributed by atoms with E-state index in [9.17, 15) is 10.2 Å². The first-order chi connectivity index (χ1) is 7.93. The summed E-state index contributed by atoms with van der Waals surface area (Å²) in [5.74, 6) is 0. The number of nitrogens with zero attached hydrogens (tertiary/aromatic N) is 2. The van der Waals surface area contributed by atoms with Crippen molar-refractivity contribution in [2.75, 3.05) is 6.54 Å². The number of aromatic nitrogens is 2. The molecule has 1 heterocycles. The van der Waals surface area contributed by atoms with Gasteiger partial charge in [-0.15, -0.1) is 0 Å². The third-order valence-electron chi connectivity index (χ3n) is 2.62. The van der Waals surface area contributed by atoms with E-state index in [4.69, 9.17) is 0 Å². The fraction of sp³-hybridized carbons (Fsp3) is 0.750. The van der Waals surface area contributed by atoms with Crippen LogP contribution in [-0.2, 0) is 13.1 Å². The average molecular weight is 241 g/mol. The van der Waals surface area contributed by atoms with E-state index >= 15 is 0 Å². The molecule has 5 heteroatoms. The second-order valence-corrected chi connectivity index (χ2v) is 4.92. The number of aliphatic hydroxyl groups excluding tert-OH is 1. The van der Waals surface area contributed by atoms with Crippen molar-refractivity contribution in [3.8, 4) is 0 Å². The van der Waals surface area contributed by atoms with Gasteiger partial charge in [-0.3, -0.25) is 4.68 Å². The van der Waals surface area contributed by atoms with Crippen LogP contribution in [0.15, 0.2) is 12.4 Å². The molecule has 0 aliphatic rings. The summed E-state index contributed by atoms with van der Waals surface area (Å²) in [6, 6.07) is 0. The van der Waals surface area contributed by atoms with Gasteiger partial charge in [0.15, 0.2) is 0 Å². The van der Waals surface area contributed by atoms with E-state index in [1.54, 1.807) is 24.7 Å². The molecule has 0 bridgehead atoms. The van der Waals surface area contributed by atoms with Crippen molar-refractivity contribution in [1.82, 2.24) is 15.1 Å². The molecule has 0 aromatic carbocycles. The van der Waals surface area contributed by atoms with Crippen molar-refractivity contribution < 1.29 is 10.2 Å². The Labute approximate surface area is 102 Å². The van der Waals surface area contributed by atoms with Crippen molar-refractivity contribution in [2.24, 2.45) is 0 Å². The molecule has 1 atom stereocenters. The standard InChI is InChI=1S/C12H23N3O2/c1-4-5-13-6-10-7-14-15(8-10)9-11(16)12(2,3)17/h7-8,11,13,16-17H,4-6,9H2,1-3H3/t11-/m0/s1. The highest BCUT2D eigenvalue weighted by molar-refractivity contribution is 5.03. The second kappa shape index (κ2) is 6.14. The molecule has 0 amide bonds. The quantitative estimate of drug-likeness (QED) is 0.609. The molecule has 1 aromatic heterocycles. The Kier molecular flexibility index (Phi) is 5.11. The summed E-state index contributed by atoms with van der Waals surface area (Å²) < 4.78 is 1.66. The minimum atomic E-state index is -1.10. The fourth-order valence-corrected chi connectivity index (χ4v) is 1.41. The summed E-state index contributed by atoms with van der Waals surface area (Å²) in [5.41, 5.74) is -0.0200. The number of aliphatic hydroxyl groups is 2. The topological polar surface area (TPSA) is 70.3 Å². The zero-order valence-corrected chi connectivity index (χ0v) is 10.8. The molecule has 1 aromatic rings. The van der Waals surface area contributed by atoms with E-state index in [-0.39, 0.29) is 0 Å². The second-order valence-electron chi connectivity index (χ2n) is 4.92. The fourth-order valence-electron chi connectivity index (χ4n) is 1.41. The van der Waals surface area contributed by atoms with Gasteiger partial charge in [0, 0.05) is 18.3 Å². The van der Waals surface area contributed by atoms with Crippen LogP contribution in [0.5, 0.6) is 0 Å². The Bertz CT molecular complexity index is 331. The van der Waals surface area contributed by atoms with Crippen LogP contribution in [0, 0.1) is 0 Å². The van der Waals surface area contributed by atoms with E-state index in [0.29, 0.717) is 6.54 Å². The van der Waals surface area contributed by atoms with Gasteiger partial charge < -0.3 is 15.5 Å². The first-order valence-corrected chi connectivity index (χ1v) is 6.06. The van der Waals surface area contributed by atoms with Crippen molar-refractivity contribution in [1.29, 1.82) is 0 Å². The van der Waals surface area contributed by atoms with Crippen LogP contribution in [0.1, 0.15) is 32.8 Å². The molecule has 0 aliphatic heterocycles. The lowest BCUT2D eigenvalue weighted by molar-refractivity contribution is -0.0566. The Morgan fingerprint density at radius 3 is 2.82 bits per heavy atom. The van der Waals surface area contributed by atoms with Crippen molar-refractivity contribution >= 4 is 0 Å². The molecule has 3 N–H and O–H groups in total. The van der Waals surface area contributed by atoms with Gasteiger partial charge in [-0.05, 0) is 26.8 Å². The van der Waals surface area contributed by atoms with Crippen molar-refractivity contribution in [2.45, 2.75) is 52.0 Å². The molecule has 0 radical (unpaired) electrons. The number of nitrogens with one attached hydrogen (secondary N) is 1. The SMILES string of the molecule is CCCNCc1cnn(C[C@H](O)C(C)(C)O)c1. The lowest BCUT2D eigenvalue weighted by Crippen LogP contribution is -2.39. The summed E-state index contributed by atoms with van der Waals surface area (Å²) in [6.07, 6.45) is 3.95. The Morgan fingerprint density at radius 2 is 2.24 bits per heavy atom. The number of hydrogen-bond acceptors (Lipinski definition) is 4. The van der Waals surface area contributed by atoms with Gasteiger partial charge in [-0.1, -0.05) is 6.92 Å². The maximum atomic E-state index is 9.74. The van der Waals surface area contributed by atoms with E-state index < -0.39 is 11.7 Å². The van der Waals surface area contributed by atoms with E-state index in [1.165, 1.54) is 0 Å². The maximum Gasteiger partial charge on any atom is 0.102 e. The van der Waals surface area contributed by atoms with Crippen LogP contribution < -0.4 is 5.32 Å². The highest BCUT2D eigenvalue weighted by Gasteiger charge is 2.24. The Balaban J connectivity index is 2.45. The molecule has 0 saturated heterocycles. The highest BCUT2D eigenvalue weighted by Crippen LogP contribution is 2.10. The van der Waals surface area contributed by atoms with E-state index in [1.807, 2.05) is 6.20 Å². The molecular formula is C12H23N3O2. The minimum absolute atomic E-state index is 0.303. The highest BCUT2D eigenvalue weighted by atomic mass is 16.3. The summed E-state index contributed by atoms with van der Waals surface area (Å²) in [4.78, 5) is 0. The predicted molar refractivity (Wildman–Crippen MR) is 66.5 cm³/mol.